The van der Waals surface area contributed by atoms with E-state index in [1.54, 1.807) is 0 Å². The van der Waals surface area contributed by atoms with Crippen LogP contribution in [0.3, 0.4) is 0 Å². The number of anilines is 2. The monoisotopic (exact) mass is 337 g/mol. The van der Waals surface area contributed by atoms with Gasteiger partial charge in [-0.05, 0) is 56.5 Å². The molecule has 0 saturated carbocycles. The lowest BCUT2D eigenvalue weighted by Gasteiger charge is -2.33. The zero-order chi connectivity index (χ0) is 13.9. The fraction of sp³-hybridized carbons (Fsp3) is 0.533. The van der Waals surface area contributed by atoms with Crippen LogP contribution in [0.5, 0.6) is 0 Å². The quantitative estimate of drug-likeness (QED) is 0.891. The molecule has 1 aromatic rings. The fourth-order valence-electron chi connectivity index (χ4n) is 3.04. The summed E-state index contributed by atoms with van der Waals surface area (Å²) < 4.78 is 0.997. The van der Waals surface area contributed by atoms with Crippen LogP contribution in [0.1, 0.15) is 19.3 Å². The Labute approximate surface area is 128 Å². The molecule has 0 unspecified atom stereocenters. The molecule has 3 rings (SSSR count). The number of nitrogens with zero attached hydrogens (tertiary/aromatic N) is 1. The first kappa shape index (κ1) is 13.9. The molecule has 1 amide bonds. The van der Waals surface area contributed by atoms with Crippen molar-refractivity contribution in [1.29, 1.82) is 0 Å². The molecule has 2 N–H and O–H groups in total. The minimum atomic E-state index is 0.0842. The third-order valence-electron chi connectivity index (χ3n) is 4.17. The Kier molecular flexibility index (Phi) is 4.27. The summed E-state index contributed by atoms with van der Waals surface area (Å²) in [4.78, 5) is 14.0. The Morgan fingerprint density at radius 1 is 1.30 bits per heavy atom. The van der Waals surface area contributed by atoms with Gasteiger partial charge in [0.15, 0.2) is 0 Å². The summed E-state index contributed by atoms with van der Waals surface area (Å²) >= 11 is 3.46. The van der Waals surface area contributed by atoms with Gasteiger partial charge in [-0.1, -0.05) is 15.9 Å². The van der Waals surface area contributed by atoms with Crippen LogP contribution in [0.15, 0.2) is 22.7 Å². The lowest BCUT2D eigenvalue weighted by Crippen LogP contribution is -2.40. The molecule has 1 fully saturated rings. The highest BCUT2D eigenvalue weighted by Gasteiger charge is 2.23. The summed E-state index contributed by atoms with van der Waals surface area (Å²) in [5.41, 5.74) is 2.06. The van der Waals surface area contributed by atoms with Crippen molar-refractivity contribution in [2.45, 2.75) is 19.3 Å². The summed E-state index contributed by atoms with van der Waals surface area (Å²) in [6, 6.07) is 6.10. The molecule has 2 aliphatic heterocycles. The summed E-state index contributed by atoms with van der Waals surface area (Å²) in [6.07, 6.45) is 3.69. The van der Waals surface area contributed by atoms with Gasteiger partial charge < -0.3 is 15.5 Å². The lowest BCUT2D eigenvalue weighted by atomic mass is 9.94. The number of hydrogen-bond donors (Lipinski definition) is 2. The first-order valence-corrected chi connectivity index (χ1v) is 8.07. The van der Waals surface area contributed by atoms with E-state index in [2.05, 4.69) is 37.5 Å². The number of fused-ring (bicyclic) bond motifs is 1. The van der Waals surface area contributed by atoms with Crippen molar-refractivity contribution in [3.63, 3.8) is 0 Å². The number of benzene rings is 1. The van der Waals surface area contributed by atoms with E-state index in [-0.39, 0.29) is 5.91 Å². The van der Waals surface area contributed by atoms with Gasteiger partial charge in [-0.3, -0.25) is 4.79 Å². The second-order valence-corrected chi connectivity index (χ2v) is 6.53. The highest BCUT2D eigenvalue weighted by Crippen LogP contribution is 2.32. The van der Waals surface area contributed by atoms with E-state index in [1.807, 2.05) is 12.1 Å². The number of nitrogens with one attached hydrogen (secondary N) is 2. The molecular weight excluding hydrogens is 318 g/mol. The van der Waals surface area contributed by atoms with Crippen molar-refractivity contribution in [3.8, 4) is 0 Å². The van der Waals surface area contributed by atoms with Crippen LogP contribution in [0.25, 0.3) is 0 Å². The zero-order valence-electron chi connectivity index (χ0n) is 11.5. The zero-order valence-corrected chi connectivity index (χ0v) is 13.1. The van der Waals surface area contributed by atoms with Gasteiger partial charge in [0.1, 0.15) is 0 Å². The molecule has 0 radical (unpaired) electrons. The maximum atomic E-state index is 11.8. The van der Waals surface area contributed by atoms with Gasteiger partial charge in [-0.25, -0.2) is 0 Å². The van der Waals surface area contributed by atoms with Gasteiger partial charge in [0.05, 0.1) is 17.9 Å². The van der Waals surface area contributed by atoms with E-state index in [0.29, 0.717) is 6.54 Å². The van der Waals surface area contributed by atoms with E-state index >= 15 is 0 Å². The van der Waals surface area contributed by atoms with E-state index < -0.39 is 0 Å². The first-order valence-electron chi connectivity index (χ1n) is 7.27. The summed E-state index contributed by atoms with van der Waals surface area (Å²) in [6.45, 7) is 3.70. The SMILES string of the molecule is O=C1CN(CCC2CCNCC2)c2ccc(Br)cc2N1. The molecule has 2 heterocycles. The van der Waals surface area contributed by atoms with Gasteiger partial charge >= 0.3 is 0 Å². The van der Waals surface area contributed by atoms with Gasteiger partial charge in [0, 0.05) is 11.0 Å². The van der Waals surface area contributed by atoms with Gasteiger partial charge in [0.25, 0.3) is 0 Å². The average Bonchev–Trinajstić information content (AvgIpc) is 2.45. The maximum Gasteiger partial charge on any atom is 0.243 e. The Hall–Kier alpha value is -1.07. The van der Waals surface area contributed by atoms with Crippen molar-refractivity contribution < 1.29 is 4.79 Å². The molecule has 20 heavy (non-hydrogen) atoms. The number of carbonyl (C=O) groups excluding carboxylic acids is 1. The molecule has 0 aliphatic carbocycles. The number of rotatable bonds is 3. The first-order chi connectivity index (χ1) is 9.72. The van der Waals surface area contributed by atoms with Crippen LogP contribution in [-0.2, 0) is 4.79 Å². The molecule has 0 atom stereocenters. The number of amides is 1. The molecule has 1 saturated heterocycles. The molecule has 0 spiro atoms. The van der Waals surface area contributed by atoms with Crippen LogP contribution in [0, 0.1) is 5.92 Å². The van der Waals surface area contributed by atoms with E-state index in [0.717, 1.165) is 41.4 Å². The van der Waals surface area contributed by atoms with Crippen molar-refractivity contribution in [2.75, 3.05) is 36.4 Å². The van der Waals surface area contributed by atoms with Crippen molar-refractivity contribution in [2.24, 2.45) is 5.92 Å². The normalized spacial score (nSPS) is 19.6. The minimum absolute atomic E-state index is 0.0842. The van der Waals surface area contributed by atoms with Crippen LogP contribution in [0.4, 0.5) is 11.4 Å². The maximum absolute atomic E-state index is 11.8. The standard InChI is InChI=1S/C15H20BrN3O/c16-12-1-2-14-13(9-12)18-15(20)10-19(14)8-5-11-3-6-17-7-4-11/h1-2,9,11,17H,3-8,10H2,(H,18,20). The second-order valence-electron chi connectivity index (χ2n) is 5.61. The van der Waals surface area contributed by atoms with Crippen LogP contribution < -0.4 is 15.5 Å². The second kappa shape index (κ2) is 6.14. The summed E-state index contributed by atoms with van der Waals surface area (Å²) in [7, 11) is 0. The number of carbonyl (C=O) groups is 1. The topological polar surface area (TPSA) is 44.4 Å². The fourth-order valence-corrected chi connectivity index (χ4v) is 3.40. The van der Waals surface area contributed by atoms with Crippen LogP contribution in [0.2, 0.25) is 0 Å². The molecule has 108 valence electrons. The Balaban J connectivity index is 1.68. The predicted octanol–water partition coefficient (Wildman–Crippen LogP) is 2.60. The molecule has 5 heteroatoms. The van der Waals surface area contributed by atoms with Gasteiger partial charge in [-0.15, -0.1) is 0 Å². The molecule has 2 aliphatic rings. The Bertz CT molecular complexity index is 500. The molecule has 1 aromatic carbocycles. The van der Waals surface area contributed by atoms with Crippen LogP contribution in [-0.4, -0.2) is 32.1 Å². The van der Waals surface area contributed by atoms with Gasteiger partial charge in [0.2, 0.25) is 5.91 Å². The molecule has 4 nitrogen and oxygen atoms in total. The highest BCUT2D eigenvalue weighted by molar-refractivity contribution is 9.10. The highest BCUT2D eigenvalue weighted by atomic mass is 79.9. The molecule has 0 aromatic heterocycles. The van der Waals surface area contributed by atoms with Crippen molar-refractivity contribution >= 4 is 33.2 Å². The number of halogens is 1. The smallest absolute Gasteiger partial charge is 0.243 e. The number of piperidine rings is 1. The third kappa shape index (κ3) is 3.15. The largest absolute Gasteiger partial charge is 0.361 e. The molecule has 0 bridgehead atoms. The summed E-state index contributed by atoms with van der Waals surface area (Å²) in [5.74, 6) is 0.876. The third-order valence-corrected chi connectivity index (χ3v) is 4.67. The molecular formula is C15H20BrN3O. The van der Waals surface area contributed by atoms with Crippen LogP contribution >= 0.6 is 15.9 Å². The average molecular weight is 338 g/mol. The Morgan fingerprint density at radius 3 is 2.90 bits per heavy atom. The van der Waals surface area contributed by atoms with Crippen molar-refractivity contribution in [1.82, 2.24) is 5.32 Å². The lowest BCUT2D eigenvalue weighted by molar-refractivity contribution is -0.115. The number of hydrogen-bond acceptors (Lipinski definition) is 3. The van der Waals surface area contributed by atoms with Gasteiger partial charge in [-0.2, -0.15) is 0 Å². The Morgan fingerprint density at radius 2 is 2.10 bits per heavy atom. The minimum Gasteiger partial charge on any atom is -0.361 e. The summed E-state index contributed by atoms with van der Waals surface area (Å²) in [5, 5.41) is 6.35. The predicted molar refractivity (Wildman–Crippen MR) is 85.2 cm³/mol. The van der Waals surface area contributed by atoms with Crippen molar-refractivity contribution in [3.05, 3.63) is 22.7 Å². The van der Waals surface area contributed by atoms with E-state index in [9.17, 15) is 4.79 Å². The van der Waals surface area contributed by atoms with E-state index in [4.69, 9.17) is 0 Å². The van der Waals surface area contributed by atoms with E-state index in [1.165, 1.54) is 19.3 Å².